The number of halogens is 3. The summed E-state index contributed by atoms with van der Waals surface area (Å²) in [7, 11) is 0. The van der Waals surface area contributed by atoms with Crippen LogP contribution in [0, 0.1) is 5.82 Å². The molecule has 11 heteroatoms. The standard InChI is InChI=1S/C24H27BrFN3O5.ClH/c1-16(30)28(24(32)34-17(2)33-23(31)22-7-4-12-27-22)13-14-29(20-10-8-19(26)9-11-20)21-6-3-5-18(25)15-21;/h3,5-6,8-11,15,17,22,27H,4,7,12-14H2,1-2H3;1H. The largest absolute Gasteiger partial charge is 0.424 e. The topological polar surface area (TPSA) is 88.2 Å². The SMILES string of the molecule is CC(=O)N(CCN(c1ccc(F)cc1)c1cccc(Br)c1)C(=O)OC(C)OC(=O)C1CCCN1.Cl. The molecule has 0 spiro atoms. The lowest BCUT2D eigenvalue weighted by Crippen LogP contribution is -2.43. The third-order valence-electron chi connectivity index (χ3n) is 5.30. The van der Waals surface area contributed by atoms with Gasteiger partial charge in [-0.15, -0.1) is 12.4 Å². The predicted octanol–water partition coefficient (Wildman–Crippen LogP) is 4.77. The Morgan fingerprint density at radius 3 is 2.43 bits per heavy atom. The molecule has 1 aliphatic heterocycles. The maximum absolute atomic E-state index is 13.5. The first-order valence-corrected chi connectivity index (χ1v) is 11.7. The van der Waals surface area contributed by atoms with E-state index in [1.165, 1.54) is 26.0 Å². The zero-order valence-electron chi connectivity index (χ0n) is 19.4. The summed E-state index contributed by atoms with van der Waals surface area (Å²) >= 11 is 3.44. The number of hydrogen-bond acceptors (Lipinski definition) is 7. The molecule has 0 bridgehead atoms. The van der Waals surface area contributed by atoms with E-state index in [-0.39, 0.29) is 31.3 Å². The Balaban J connectivity index is 0.00000432. The molecular formula is C24H28BrClFN3O5. The fourth-order valence-electron chi connectivity index (χ4n) is 3.61. The van der Waals surface area contributed by atoms with Gasteiger partial charge in [-0.05, 0) is 61.9 Å². The number of carbonyl (C=O) groups excluding carboxylic acids is 3. The summed E-state index contributed by atoms with van der Waals surface area (Å²) in [5.41, 5.74) is 1.46. The van der Waals surface area contributed by atoms with Gasteiger partial charge in [0.2, 0.25) is 12.2 Å². The molecule has 35 heavy (non-hydrogen) atoms. The minimum Gasteiger partial charge on any atom is -0.424 e. The number of anilines is 2. The summed E-state index contributed by atoms with van der Waals surface area (Å²) in [4.78, 5) is 39.8. The van der Waals surface area contributed by atoms with Gasteiger partial charge in [0.05, 0.1) is 0 Å². The van der Waals surface area contributed by atoms with Crippen LogP contribution in [0.1, 0.15) is 26.7 Å². The van der Waals surface area contributed by atoms with Gasteiger partial charge in [-0.25, -0.2) is 14.1 Å². The third-order valence-corrected chi connectivity index (χ3v) is 5.79. The average Bonchev–Trinajstić information content (AvgIpc) is 3.32. The van der Waals surface area contributed by atoms with Crippen LogP contribution in [0.15, 0.2) is 53.0 Å². The molecule has 0 aromatic heterocycles. The molecule has 2 atom stereocenters. The van der Waals surface area contributed by atoms with Gasteiger partial charge >= 0.3 is 12.1 Å². The molecule has 2 aromatic rings. The van der Waals surface area contributed by atoms with Gasteiger partial charge in [-0.1, -0.05) is 22.0 Å². The number of ether oxygens (including phenoxy) is 2. The van der Waals surface area contributed by atoms with Crippen molar-refractivity contribution in [3.05, 3.63) is 58.8 Å². The van der Waals surface area contributed by atoms with Crippen LogP contribution < -0.4 is 10.2 Å². The number of esters is 1. The molecule has 1 fully saturated rings. The van der Waals surface area contributed by atoms with Gasteiger partial charge in [0.15, 0.2) is 0 Å². The fourth-order valence-corrected chi connectivity index (χ4v) is 4.00. The van der Waals surface area contributed by atoms with Crippen LogP contribution in [0.3, 0.4) is 0 Å². The Morgan fingerprint density at radius 2 is 1.83 bits per heavy atom. The summed E-state index contributed by atoms with van der Waals surface area (Å²) in [5, 5.41) is 3.02. The second-order valence-electron chi connectivity index (χ2n) is 7.82. The summed E-state index contributed by atoms with van der Waals surface area (Å²) in [5.74, 6) is -1.39. The lowest BCUT2D eigenvalue weighted by Gasteiger charge is -2.28. The molecule has 1 aliphatic rings. The third kappa shape index (κ3) is 8.19. The van der Waals surface area contributed by atoms with E-state index in [0.717, 1.165) is 28.0 Å². The number of amides is 2. The summed E-state index contributed by atoms with van der Waals surface area (Å²) < 4.78 is 24.7. The van der Waals surface area contributed by atoms with Crippen LogP contribution in [0.2, 0.25) is 0 Å². The van der Waals surface area contributed by atoms with Gasteiger partial charge < -0.3 is 19.7 Å². The number of benzene rings is 2. The highest BCUT2D eigenvalue weighted by Crippen LogP contribution is 2.28. The zero-order valence-corrected chi connectivity index (χ0v) is 21.8. The first-order chi connectivity index (χ1) is 16.2. The molecule has 0 saturated carbocycles. The van der Waals surface area contributed by atoms with E-state index in [2.05, 4.69) is 21.2 Å². The van der Waals surface area contributed by atoms with Gasteiger partial charge in [-0.2, -0.15) is 0 Å². The number of hydrogen-bond donors (Lipinski definition) is 1. The highest BCUT2D eigenvalue weighted by atomic mass is 79.9. The van der Waals surface area contributed by atoms with Gasteiger partial charge in [0.25, 0.3) is 0 Å². The van der Waals surface area contributed by atoms with Crippen LogP contribution in [0.4, 0.5) is 20.6 Å². The number of imide groups is 1. The lowest BCUT2D eigenvalue weighted by atomic mass is 10.2. The number of nitrogens with zero attached hydrogens (tertiary/aromatic N) is 2. The van der Waals surface area contributed by atoms with Crippen LogP contribution in [-0.2, 0) is 19.1 Å². The zero-order chi connectivity index (χ0) is 24.7. The van der Waals surface area contributed by atoms with Crippen molar-refractivity contribution < 1.29 is 28.2 Å². The van der Waals surface area contributed by atoms with Crippen LogP contribution >= 0.6 is 28.3 Å². The predicted molar refractivity (Wildman–Crippen MR) is 135 cm³/mol. The molecule has 1 N–H and O–H groups in total. The van der Waals surface area contributed by atoms with Gasteiger partial charge in [0.1, 0.15) is 11.9 Å². The average molecular weight is 573 g/mol. The Morgan fingerprint density at radius 1 is 1.11 bits per heavy atom. The fraction of sp³-hybridized carbons (Fsp3) is 0.375. The maximum Gasteiger partial charge on any atom is 0.419 e. The molecule has 3 rings (SSSR count). The molecule has 1 heterocycles. The van der Waals surface area contributed by atoms with E-state index in [9.17, 15) is 18.8 Å². The lowest BCUT2D eigenvalue weighted by molar-refractivity contribution is -0.168. The molecule has 2 unspecified atom stereocenters. The highest BCUT2D eigenvalue weighted by molar-refractivity contribution is 9.10. The number of nitrogens with one attached hydrogen (secondary N) is 1. The molecular weight excluding hydrogens is 545 g/mol. The molecule has 8 nitrogen and oxygen atoms in total. The first kappa shape index (κ1) is 28.5. The molecule has 1 saturated heterocycles. The first-order valence-electron chi connectivity index (χ1n) is 11.0. The minimum absolute atomic E-state index is 0. The molecule has 0 aliphatic carbocycles. The van der Waals surface area contributed by atoms with E-state index in [1.54, 1.807) is 12.1 Å². The molecule has 2 aromatic carbocycles. The normalized spacial score (nSPS) is 15.5. The monoisotopic (exact) mass is 571 g/mol. The van der Waals surface area contributed by atoms with Crippen molar-refractivity contribution in [1.29, 1.82) is 0 Å². The second kappa shape index (κ2) is 13.4. The van der Waals surface area contributed by atoms with E-state index in [0.29, 0.717) is 12.1 Å². The van der Waals surface area contributed by atoms with E-state index >= 15 is 0 Å². The van der Waals surface area contributed by atoms with Crippen LogP contribution in [0.25, 0.3) is 0 Å². The smallest absolute Gasteiger partial charge is 0.419 e. The van der Waals surface area contributed by atoms with E-state index in [4.69, 9.17) is 9.47 Å². The Labute approximate surface area is 218 Å². The Hall–Kier alpha value is -2.69. The van der Waals surface area contributed by atoms with Gasteiger partial charge in [-0.3, -0.25) is 9.59 Å². The highest BCUT2D eigenvalue weighted by Gasteiger charge is 2.28. The minimum atomic E-state index is -1.15. The van der Waals surface area contributed by atoms with Crippen LogP contribution in [0.5, 0.6) is 0 Å². The summed E-state index contributed by atoms with van der Waals surface area (Å²) in [6, 6.07) is 13.0. The van der Waals surface area contributed by atoms with Crippen molar-refractivity contribution in [1.82, 2.24) is 10.2 Å². The number of rotatable bonds is 8. The van der Waals surface area contributed by atoms with Crippen LogP contribution in [-0.4, -0.2) is 54.8 Å². The van der Waals surface area contributed by atoms with Crippen molar-refractivity contribution in [2.75, 3.05) is 24.5 Å². The molecule has 2 amide bonds. The maximum atomic E-state index is 13.5. The van der Waals surface area contributed by atoms with E-state index < -0.39 is 30.3 Å². The summed E-state index contributed by atoms with van der Waals surface area (Å²) in [6.07, 6.45) is -0.536. The Bertz CT molecular complexity index is 1020. The van der Waals surface area contributed by atoms with Crippen molar-refractivity contribution in [3.63, 3.8) is 0 Å². The Kier molecular flexibility index (Phi) is 10.9. The van der Waals surface area contributed by atoms with Gasteiger partial charge in [0, 0.05) is 42.8 Å². The second-order valence-corrected chi connectivity index (χ2v) is 8.73. The molecule has 0 radical (unpaired) electrons. The summed E-state index contributed by atoms with van der Waals surface area (Å²) in [6.45, 7) is 3.62. The molecule has 190 valence electrons. The quantitative estimate of drug-likeness (QED) is 0.360. The van der Waals surface area contributed by atoms with Crippen molar-refractivity contribution in [2.24, 2.45) is 0 Å². The van der Waals surface area contributed by atoms with Crippen molar-refractivity contribution in [2.45, 2.75) is 39.0 Å². The number of carbonyl (C=O) groups is 3. The van der Waals surface area contributed by atoms with Crippen molar-refractivity contribution >= 4 is 57.7 Å². The van der Waals surface area contributed by atoms with E-state index in [1.807, 2.05) is 29.2 Å². The van der Waals surface area contributed by atoms with Crippen molar-refractivity contribution in [3.8, 4) is 0 Å².